The van der Waals surface area contributed by atoms with Crippen LogP contribution in [-0.2, 0) is 0 Å². The number of anilines is 1. The second-order valence-electron chi connectivity index (χ2n) is 4.22. The molecular formula is C14H9ClN4O3. The SMILES string of the molecule is COc1cc(O)c(-c2c(C#N)c(N)[nH]c(=O)c2C#N)cc1Cl. The van der Waals surface area contributed by atoms with Gasteiger partial charge in [-0.15, -0.1) is 0 Å². The number of rotatable bonds is 2. The normalized spacial score (nSPS) is 9.82. The van der Waals surface area contributed by atoms with E-state index >= 15 is 0 Å². The lowest BCUT2D eigenvalue weighted by molar-refractivity contribution is 0.408. The van der Waals surface area contributed by atoms with E-state index in [0.717, 1.165) is 0 Å². The minimum Gasteiger partial charge on any atom is -0.507 e. The first-order chi connectivity index (χ1) is 10.4. The van der Waals surface area contributed by atoms with Crippen molar-refractivity contribution < 1.29 is 9.84 Å². The zero-order valence-electron chi connectivity index (χ0n) is 11.3. The molecule has 0 unspecified atom stereocenters. The summed E-state index contributed by atoms with van der Waals surface area (Å²) >= 11 is 6.00. The third-order valence-electron chi connectivity index (χ3n) is 3.01. The summed E-state index contributed by atoms with van der Waals surface area (Å²) in [7, 11) is 1.37. The lowest BCUT2D eigenvalue weighted by atomic mass is 9.96. The Bertz CT molecular complexity index is 906. The van der Waals surface area contributed by atoms with E-state index in [0.29, 0.717) is 0 Å². The fourth-order valence-electron chi connectivity index (χ4n) is 2.01. The monoisotopic (exact) mass is 316 g/mol. The first-order valence-electron chi connectivity index (χ1n) is 5.87. The molecule has 0 saturated heterocycles. The molecule has 2 aromatic rings. The highest BCUT2D eigenvalue weighted by Gasteiger charge is 2.21. The number of methoxy groups -OCH3 is 1. The number of H-pyrrole nitrogens is 1. The summed E-state index contributed by atoms with van der Waals surface area (Å²) in [6, 6.07) is 6.03. The van der Waals surface area contributed by atoms with Crippen LogP contribution in [0.25, 0.3) is 11.1 Å². The minimum atomic E-state index is -0.764. The number of nitriles is 2. The highest BCUT2D eigenvalue weighted by Crippen LogP contribution is 2.40. The summed E-state index contributed by atoms with van der Waals surface area (Å²) in [6.07, 6.45) is 0. The molecule has 2 rings (SSSR count). The van der Waals surface area contributed by atoms with Crippen LogP contribution in [-0.4, -0.2) is 17.2 Å². The van der Waals surface area contributed by atoms with Gasteiger partial charge in [0.25, 0.3) is 5.56 Å². The topological polar surface area (TPSA) is 136 Å². The number of aromatic amines is 1. The van der Waals surface area contributed by atoms with E-state index in [4.69, 9.17) is 22.1 Å². The molecule has 0 bridgehead atoms. The van der Waals surface area contributed by atoms with Crippen molar-refractivity contribution in [2.45, 2.75) is 0 Å². The van der Waals surface area contributed by atoms with Gasteiger partial charge in [-0.3, -0.25) is 4.79 Å². The van der Waals surface area contributed by atoms with Crippen molar-refractivity contribution in [3.05, 3.63) is 38.6 Å². The van der Waals surface area contributed by atoms with E-state index in [-0.39, 0.29) is 44.6 Å². The molecule has 1 heterocycles. The Morgan fingerprint density at radius 1 is 1.32 bits per heavy atom. The van der Waals surface area contributed by atoms with Crippen molar-refractivity contribution >= 4 is 17.4 Å². The number of nitrogens with two attached hydrogens (primary N) is 1. The van der Waals surface area contributed by atoms with Crippen molar-refractivity contribution in [2.75, 3.05) is 12.8 Å². The summed E-state index contributed by atoms with van der Waals surface area (Å²) in [4.78, 5) is 14.1. The molecule has 1 aromatic carbocycles. The number of nitrogens with zero attached hydrogens (tertiary/aromatic N) is 2. The van der Waals surface area contributed by atoms with Gasteiger partial charge in [0.05, 0.1) is 12.1 Å². The Balaban J connectivity index is 2.96. The zero-order chi connectivity index (χ0) is 16.4. The van der Waals surface area contributed by atoms with Crippen LogP contribution in [0.3, 0.4) is 0 Å². The second kappa shape index (κ2) is 5.68. The molecule has 0 atom stereocenters. The Labute approximate surface area is 129 Å². The van der Waals surface area contributed by atoms with Gasteiger partial charge in [-0.25, -0.2) is 0 Å². The number of aromatic hydroxyl groups is 1. The number of hydrogen-bond donors (Lipinski definition) is 3. The van der Waals surface area contributed by atoms with Crippen LogP contribution in [0, 0.1) is 22.7 Å². The molecule has 110 valence electrons. The molecular weight excluding hydrogens is 308 g/mol. The number of benzene rings is 1. The summed E-state index contributed by atoms with van der Waals surface area (Å²) in [5.74, 6) is -0.301. The molecule has 0 aliphatic carbocycles. The maximum atomic E-state index is 11.8. The van der Waals surface area contributed by atoms with Crippen molar-refractivity contribution in [3.63, 3.8) is 0 Å². The Morgan fingerprint density at radius 3 is 2.50 bits per heavy atom. The molecule has 4 N–H and O–H groups in total. The first kappa shape index (κ1) is 15.2. The van der Waals surface area contributed by atoms with Crippen LogP contribution in [0.5, 0.6) is 11.5 Å². The summed E-state index contributed by atoms with van der Waals surface area (Å²) in [5, 5.41) is 28.7. The van der Waals surface area contributed by atoms with E-state index in [2.05, 4.69) is 4.98 Å². The van der Waals surface area contributed by atoms with Crippen LogP contribution in [0.4, 0.5) is 5.82 Å². The van der Waals surface area contributed by atoms with Crippen molar-refractivity contribution in [2.24, 2.45) is 0 Å². The second-order valence-corrected chi connectivity index (χ2v) is 4.63. The van der Waals surface area contributed by atoms with Gasteiger partial charge in [-0.2, -0.15) is 10.5 Å². The highest BCUT2D eigenvalue weighted by molar-refractivity contribution is 6.32. The van der Waals surface area contributed by atoms with Gasteiger partial charge >= 0.3 is 0 Å². The number of ether oxygens (including phenoxy) is 1. The number of nitrogen functional groups attached to an aromatic ring is 1. The Kier molecular flexibility index (Phi) is 3.93. The highest BCUT2D eigenvalue weighted by atomic mass is 35.5. The largest absolute Gasteiger partial charge is 0.507 e. The Hall–Kier alpha value is -3.16. The van der Waals surface area contributed by atoms with Gasteiger partial charge in [0.15, 0.2) is 0 Å². The van der Waals surface area contributed by atoms with E-state index in [1.807, 2.05) is 6.07 Å². The van der Waals surface area contributed by atoms with Gasteiger partial charge in [-0.1, -0.05) is 11.6 Å². The quantitative estimate of drug-likeness (QED) is 0.771. The van der Waals surface area contributed by atoms with Crippen LogP contribution in [0.15, 0.2) is 16.9 Å². The van der Waals surface area contributed by atoms with E-state index < -0.39 is 5.56 Å². The molecule has 0 radical (unpaired) electrons. The van der Waals surface area contributed by atoms with Crippen LogP contribution >= 0.6 is 11.6 Å². The molecule has 0 spiro atoms. The van der Waals surface area contributed by atoms with Gasteiger partial charge < -0.3 is 20.6 Å². The average Bonchev–Trinajstić information content (AvgIpc) is 2.48. The first-order valence-corrected chi connectivity index (χ1v) is 6.25. The van der Waals surface area contributed by atoms with Gasteiger partial charge in [0.2, 0.25) is 0 Å². The molecule has 22 heavy (non-hydrogen) atoms. The smallest absolute Gasteiger partial charge is 0.268 e. The number of aromatic nitrogens is 1. The number of halogens is 1. The van der Waals surface area contributed by atoms with Gasteiger partial charge in [0, 0.05) is 17.2 Å². The van der Waals surface area contributed by atoms with E-state index in [9.17, 15) is 20.4 Å². The molecule has 8 heteroatoms. The number of hydrogen-bond acceptors (Lipinski definition) is 6. The molecule has 1 aromatic heterocycles. The zero-order valence-corrected chi connectivity index (χ0v) is 12.0. The van der Waals surface area contributed by atoms with Gasteiger partial charge in [0.1, 0.15) is 40.6 Å². The number of pyridine rings is 1. The molecule has 0 amide bonds. The standard InChI is InChI=1S/C14H9ClN4O3/c1-22-11-3-10(20)6(2-9(11)15)12-7(4-16)13(18)19-14(21)8(12)5-17/h2-3,20H,1H3,(H3,18,19,21). The number of phenolic OH excluding ortho intramolecular Hbond substituents is 1. The maximum absolute atomic E-state index is 11.8. The molecule has 0 saturated carbocycles. The predicted octanol–water partition coefficient (Wildman–Crippen LogP) is 1.74. The lowest BCUT2D eigenvalue weighted by Gasteiger charge is -2.12. The van der Waals surface area contributed by atoms with Crippen LogP contribution in [0.1, 0.15) is 11.1 Å². The molecule has 0 fully saturated rings. The summed E-state index contributed by atoms with van der Waals surface area (Å²) in [6.45, 7) is 0. The van der Waals surface area contributed by atoms with Gasteiger partial charge in [-0.05, 0) is 6.07 Å². The third-order valence-corrected chi connectivity index (χ3v) is 3.30. The molecule has 0 aliphatic rings. The fraction of sp³-hybridized carbons (Fsp3) is 0.0714. The van der Waals surface area contributed by atoms with Crippen LogP contribution in [0.2, 0.25) is 5.02 Å². The maximum Gasteiger partial charge on any atom is 0.268 e. The third kappa shape index (κ3) is 2.30. The van der Waals surface area contributed by atoms with Crippen molar-refractivity contribution in [1.82, 2.24) is 4.98 Å². The fourth-order valence-corrected chi connectivity index (χ4v) is 2.25. The summed E-state index contributed by atoms with van der Waals surface area (Å²) in [5.41, 5.74) is 4.33. The Morgan fingerprint density at radius 2 is 1.95 bits per heavy atom. The number of nitrogens with one attached hydrogen (secondary N) is 1. The van der Waals surface area contributed by atoms with Crippen molar-refractivity contribution in [3.8, 4) is 34.8 Å². The van der Waals surface area contributed by atoms with E-state index in [1.165, 1.54) is 19.2 Å². The predicted molar refractivity (Wildman–Crippen MR) is 79.6 cm³/mol. The average molecular weight is 317 g/mol. The van der Waals surface area contributed by atoms with Crippen molar-refractivity contribution in [1.29, 1.82) is 10.5 Å². The molecule has 7 nitrogen and oxygen atoms in total. The van der Waals surface area contributed by atoms with E-state index in [1.54, 1.807) is 6.07 Å². The summed E-state index contributed by atoms with van der Waals surface area (Å²) < 4.78 is 4.96. The minimum absolute atomic E-state index is 0.0386. The molecule has 0 aliphatic heterocycles. The van der Waals surface area contributed by atoms with Crippen LogP contribution < -0.4 is 16.0 Å². The number of phenols is 1. The lowest BCUT2D eigenvalue weighted by Crippen LogP contribution is -2.16.